The Kier molecular flexibility index (Phi) is 4.00. The van der Waals surface area contributed by atoms with E-state index in [0.29, 0.717) is 6.07 Å². The van der Waals surface area contributed by atoms with Crippen LogP contribution >= 0.6 is 0 Å². The first-order valence-electron chi connectivity index (χ1n) is 5.11. The van der Waals surface area contributed by atoms with Gasteiger partial charge in [-0.1, -0.05) is 12.7 Å². The van der Waals surface area contributed by atoms with E-state index in [1.54, 1.807) is 6.92 Å². The number of rotatable bonds is 3. The minimum absolute atomic E-state index is 0.0584. The molecule has 0 saturated heterocycles. The Morgan fingerprint density at radius 3 is 2.56 bits per heavy atom. The fourth-order valence-electron chi connectivity index (χ4n) is 1.43. The minimum atomic E-state index is -4.58. The van der Waals surface area contributed by atoms with Crippen molar-refractivity contribution < 1.29 is 22.7 Å². The molecule has 98 valence electrons. The third kappa shape index (κ3) is 2.82. The van der Waals surface area contributed by atoms with Crippen molar-refractivity contribution in [2.45, 2.75) is 13.1 Å². The first kappa shape index (κ1) is 14.1. The van der Waals surface area contributed by atoms with Crippen molar-refractivity contribution >= 4 is 17.7 Å². The molecule has 2 N–H and O–H groups in total. The van der Waals surface area contributed by atoms with E-state index in [4.69, 9.17) is 5.73 Å². The van der Waals surface area contributed by atoms with Crippen LogP contribution in [0.2, 0.25) is 0 Å². The van der Waals surface area contributed by atoms with Gasteiger partial charge in [0.25, 0.3) is 0 Å². The Balaban J connectivity index is 3.39. The molecule has 0 atom stereocenters. The van der Waals surface area contributed by atoms with Crippen LogP contribution in [0.3, 0.4) is 0 Å². The third-order valence-electron chi connectivity index (χ3n) is 2.24. The first-order valence-corrected chi connectivity index (χ1v) is 5.11. The van der Waals surface area contributed by atoms with Gasteiger partial charge in [0.05, 0.1) is 17.7 Å². The Bertz CT molecular complexity index is 481. The van der Waals surface area contributed by atoms with Gasteiger partial charge >= 0.3 is 12.1 Å². The molecule has 6 heteroatoms. The summed E-state index contributed by atoms with van der Waals surface area (Å²) >= 11 is 0. The molecule has 0 saturated carbocycles. The molecule has 0 amide bonds. The van der Waals surface area contributed by atoms with E-state index in [0.717, 1.165) is 12.1 Å². The number of carbonyl (C=O) groups is 1. The molecule has 0 spiro atoms. The average molecular weight is 259 g/mol. The zero-order valence-corrected chi connectivity index (χ0v) is 9.67. The van der Waals surface area contributed by atoms with Crippen molar-refractivity contribution in [2.75, 3.05) is 12.3 Å². The number of nitrogens with two attached hydrogens (primary N) is 1. The zero-order chi connectivity index (χ0) is 13.9. The summed E-state index contributed by atoms with van der Waals surface area (Å²) in [5.41, 5.74) is 4.02. The second-order valence-corrected chi connectivity index (χ2v) is 3.45. The van der Waals surface area contributed by atoms with Crippen LogP contribution in [0.4, 0.5) is 18.9 Å². The summed E-state index contributed by atoms with van der Waals surface area (Å²) in [7, 11) is 0. The standard InChI is InChI=1S/C12H12F3NO2/c1-3-7-5-10(16)8(11(17)18-4-2)6-9(7)12(13,14)15/h3,5-6H,1,4,16H2,2H3. The number of carbonyl (C=O) groups excluding carboxylic acids is 1. The number of esters is 1. The largest absolute Gasteiger partial charge is 0.462 e. The van der Waals surface area contributed by atoms with Crippen molar-refractivity contribution in [3.8, 4) is 0 Å². The highest BCUT2D eigenvalue weighted by molar-refractivity contribution is 5.96. The average Bonchev–Trinajstić information content (AvgIpc) is 2.27. The number of anilines is 1. The second kappa shape index (κ2) is 5.12. The van der Waals surface area contributed by atoms with Crippen LogP contribution < -0.4 is 5.73 Å². The molecule has 3 nitrogen and oxygen atoms in total. The van der Waals surface area contributed by atoms with E-state index < -0.39 is 17.7 Å². The summed E-state index contributed by atoms with van der Waals surface area (Å²) in [4.78, 5) is 11.4. The maximum absolute atomic E-state index is 12.8. The summed E-state index contributed by atoms with van der Waals surface area (Å²) in [6.45, 7) is 4.90. The number of halogens is 3. The molecule has 0 fully saturated rings. The highest BCUT2D eigenvalue weighted by Gasteiger charge is 2.34. The van der Waals surface area contributed by atoms with Crippen LogP contribution in [0.25, 0.3) is 6.08 Å². The van der Waals surface area contributed by atoms with Crippen molar-refractivity contribution in [3.63, 3.8) is 0 Å². The Labute approximate surface area is 102 Å². The van der Waals surface area contributed by atoms with E-state index in [-0.39, 0.29) is 23.4 Å². The molecule has 0 heterocycles. The summed E-state index contributed by atoms with van der Waals surface area (Å²) in [6, 6.07) is 1.74. The summed E-state index contributed by atoms with van der Waals surface area (Å²) in [5, 5.41) is 0. The molecule has 0 aliphatic heterocycles. The molecule has 1 rings (SSSR count). The number of nitrogen functional groups attached to an aromatic ring is 1. The lowest BCUT2D eigenvalue weighted by Gasteiger charge is -2.14. The maximum atomic E-state index is 12.8. The SMILES string of the molecule is C=Cc1cc(N)c(C(=O)OCC)cc1C(F)(F)F. The monoisotopic (exact) mass is 259 g/mol. The predicted octanol–water partition coefficient (Wildman–Crippen LogP) is 3.11. The first-order chi connectivity index (χ1) is 8.31. The molecule has 0 aromatic heterocycles. The third-order valence-corrected chi connectivity index (χ3v) is 2.24. The quantitative estimate of drug-likeness (QED) is 0.670. The van der Waals surface area contributed by atoms with Gasteiger partial charge in [-0.15, -0.1) is 0 Å². The van der Waals surface area contributed by atoms with Crippen LogP contribution in [0, 0.1) is 0 Å². The van der Waals surface area contributed by atoms with Crippen molar-refractivity contribution in [2.24, 2.45) is 0 Å². The van der Waals surface area contributed by atoms with E-state index >= 15 is 0 Å². The molecule has 1 aromatic rings. The molecule has 0 unspecified atom stereocenters. The molecule has 0 radical (unpaired) electrons. The number of alkyl halides is 3. The molecule has 0 aliphatic rings. The van der Waals surface area contributed by atoms with Gasteiger partial charge in [0.1, 0.15) is 0 Å². The Morgan fingerprint density at radius 2 is 2.11 bits per heavy atom. The predicted molar refractivity (Wildman–Crippen MR) is 61.9 cm³/mol. The van der Waals surface area contributed by atoms with Crippen LogP contribution in [0.5, 0.6) is 0 Å². The molecule has 0 aliphatic carbocycles. The fourth-order valence-corrected chi connectivity index (χ4v) is 1.43. The molecule has 1 aromatic carbocycles. The lowest BCUT2D eigenvalue weighted by molar-refractivity contribution is -0.137. The number of benzene rings is 1. The van der Waals surface area contributed by atoms with Crippen LogP contribution in [0.1, 0.15) is 28.4 Å². The Hall–Kier alpha value is -1.98. The van der Waals surface area contributed by atoms with E-state index in [1.807, 2.05) is 0 Å². The molecule has 0 bridgehead atoms. The summed E-state index contributed by atoms with van der Waals surface area (Å²) < 4.78 is 42.9. The van der Waals surface area contributed by atoms with Crippen LogP contribution in [-0.2, 0) is 10.9 Å². The van der Waals surface area contributed by atoms with Gasteiger partial charge in [-0.05, 0) is 24.6 Å². The minimum Gasteiger partial charge on any atom is -0.462 e. The lowest BCUT2D eigenvalue weighted by Crippen LogP contribution is -2.13. The number of hydrogen-bond donors (Lipinski definition) is 1. The summed E-state index contributed by atoms with van der Waals surface area (Å²) in [6.07, 6.45) is -3.55. The lowest BCUT2D eigenvalue weighted by atomic mass is 10.0. The number of ether oxygens (including phenoxy) is 1. The fraction of sp³-hybridized carbons (Fsp3) is 0.250. The molecular formula is C12H12F3NO2. The highest BCUT2D eigenvalue weighted by atomic mass is 19.4. The van der Waals surface area contributed by atoms with E-state index in [1.165, 1.54) is 0 Å². The van der Waals surface area contributed by atoms with Gasteiger partial charge in [-0.3, -0.25) is 0 Å². The van der Waals surface area contributed by atoms with Crippen molar-refractivity contribution in [3.05, 3.63) is 35.4 Å². The highest BCUT2D eigenvalue weighted by Crippen LogP contribution is 2.35. The maximum Gasteiger partial charge on any atom is 0.417 e. The normalized spacial score (nSPS) is 11.1. The van der Waals surface area contributed by atoms with Crippen LogP contribution in [0.15, 0.2) is 18.7 Å². The van der Waals surface area contributed by atoms with Gasteiger partial charge in [0.15, 0.2) is 0 Å². The smallest absolute Gasteiger partial charge is 0.417 e. The van der Waals surface area contributed by atoms with E-state index in [9.17, 15) is 18.0 Å². The van der Waals surface area contributed by atoms with Crippen molar-refractivity contribution in [1.82, 2.24) is 0 Å². The zero-order valence-electron chi connectivity index (χ0n) is 9.67. The number of hydrogen-bond acceptors (Lipinski definition) is 3. The van der Waals surface area contributed by atoms with E-state index in [2.05, 4.69) is 11.3 Å². The Morgan fingerprint density at radius 1 is 1.50 bits per heavy atom. The van der Waals surface area contributed by atoms with Gasteiger partial charge in [-0.25, -0.2) is 4.79 Å². The van der Waals surface area contributed by atoms with Gasteiger partial charge < -0.3 is 10.5 Å². The molecular weight excluding hydrogens is 247 g/mol. The van der Waals surface area contributed by atoms with Crippen molar-refractivity contribution in [1.29, 1.82) is 0 Å². The van der Waals surface area contributed by atoms with Crippen LogP contribution in [-0.4, -0.2) is 12.6 Å². The van der Waals surface area contributed by atoms with Gasteiger partial charge in [0, 0.05) is 5.69 Å². The second-order valence-electron chi connectivity index (χ2n) is 3.45. The summed E-state index contributed by atoms with van der Waals surface area (Å²) in [5.74, 6) is -0.879. The van der Waals surface area contributed by atoms with Gasteiger partial charge in [-0.2, -0.15) is 13.2 Å². The molecule has 18 heavy (non-hydrogen) atoms. The van der Waals surface area contributed by atoms with Gasteiger partial charge in [0.2, 0.25) is 0 Å². The topological polar surface area (TPSA) is 52.3 Å².